The molecule has 5 heteroatoms. The van der Waals surface area contributed by atoms with Crippen LogP contribution in [0.15, 0.2) is 21.1 Å². The fourth-order valence-electron chi connectivity index (χ4n) is 1.08. The molecule has 0 saturated carbocycles. The molecule has 0 aromatic heterocycles. The van der Waals surface area contributed by atoms with Crippen LogP contribution in [-0.4, -0.2) is 14.6 Å². The third-order valence-corrected chi connectivity index (χ3v) is 3.44. The van der Waals surface area contributed by atoms with E-state index in [1.165, 1.54) is 0 Å². The van der Waals surface area contributed by atoms with E-state index in [-0.39, 0.29) is 0 Å². The Morgan fingerprint density at radius 3 is 2.33 bits per heavy atom. The van der Waals surface area contributed by atoms with Gasteiger partial charge in [0.25, 0.3) is 0 Å². The summed E-state index contributed by atoms with van der Waals surface area (Å²) in [5.41, 5.74) is 0.568. The molecule has 1 rings (SSSR count). The molecule has 0 aliphatic rings. The molecular formula is C10H12Br2O2Si. The molecule has 0 radical (unpaired) electrons. The molecule has 0 saturated heterocycles. The lowest BCUT2D eigenvalue weighted by atomic mass is 10.2. The maximum Gasteiger partial charge on any atom is 0.242 e. The second kappa shape index (κ2) is 4.80. The third-order valence-electron chi connectivity index (χ3n) is 1.57. The van der Waals surface area contributed by atoms with E-state index in [0.717, 1.165) is 15.2 Å². The number of hydrogen-bond donors (Lipinski definition) is 0. The van der Waals surface area contributed by atoms with E-state index in [1.807, 2.05) is 6.07 Å². The molecule has 0 aliphatic carbocycles. The third kappa shape index (κ3) is 3.73. The van der Waals surface area contributed by atoms with Crippen molar-refractivity contribution in [3.63, 3.8) is 0 Å². The number of rotatable bonds is 3. The van der Waals surface area contributed by atoms with Gasteiger partial charge in [-0.15, -0.1) is 0 Å². The Labute approximate surface area is 107 Å². The van der Waals surface area contributed by atoms with Crippen molar-refractivity contribution in [2.45, 2.75) is 19.6 Å². The Morgan fingerprint density at radius 2 is 1.87 bits per heavy atom. The minimum absolute atomic E-state index is 0.568. The molecule has 0 aliphatic heterocycles. The average molecular weight is 352 g/mol. The fourth-order valence-corrected chi connectivity index (χ4v) is 3.41. The summed E-state index contributed by atoms with van der Waals surface area (Å²) in [6.45, 7) is 6.24. The summed E-state index contributed by atoms with van der Waals surface area (Å²) in [5.74, 6) is 0.646. The largest absolute Gasteiger partial charge is 0.543 e. The molecule has 0 spiro atoms. The quantitative estimate of drug-likeness (QED) is 0.601. The summed E-state index contributed by atoms with van der Waals surface area (Å²) in [6.07, 6.45) is 0.811. The van der Waals surface area contributed by atoms with Gasteiger partial charge in [0.2, 0.25) is 8.32 Å². The highest BCUT2D eigenvalue weighted by Crippen LogP contribution is 2.33. The van der Waals surface area contributed by atoms with Gasteiger partial charge in [0.1, 0.15) is 5.75 Å². The molecule has 0 fully saturated rings. The van der Waals surface area contributed by atoms with Gasteiger partial charge >= 0.3 is 0 Å². The van der Waals surface area contributed by atoms with Crippen molar-refractivity contribution in [1.82, 2.24) is 0 Å². The van der Waals surface area contributed by atoms with Gasteiger partial charge in [0, 0.05) is 4.47 Å². The lowest BCUT2D eigenvalue weighted by Gasteiger charge is -2.21. The molecule has 0 atom stereocenters. The normalized spacial score (nSPS) is 11.3. The zero-order valence-corrected chi connectivity index (χ0v) is 13.0. The maximum absolute atomic E-state index is 10.9. The first-order valence-electron chi connectivity index (χ1n) is 4.47. The summed E-state index contributed by atoms with van der Waals surface area (Å²) in [5, 5.41) is 0. The summed E-state index contributed by atoms with van der Waals surface area (Å²) in [7, 11) is -1.70. The first-order valence-corrected chi connectivity index (χ1v) is 9.46. The van der Waals surface area contributed by atoms with Crippen LogP contribution in [0.1, 0.15) is 10.4 Å². The highest BCUT2D eigenvalue weighted by Gasteiger charge is 2.20. The van der Waals surface area contributed by atoms with E-state index in [9.17, 15) is 4.79 Å². The van der Waals surface area contributed by atoms with Crippen molar-refractivity contribution < 1.29 is 9.22 Å². The fraction of sp³-hybridized carbons (Fsp3) is 0.300. The highest BCUT2D eigenvalue weighted by molar-refractivity contribution is 9.11. The van der Waals surface area contributed by atoms with Gasteiger partial charge in [0.15, 0.2) is 6.29 Å². The van der Waals surface area contributed by atoms with Crippen LogP contribution >= 0.6 is 31.9 Å². The van der Waals surface area contributed by atoms with Crippen LogP contribution in [-0.2, 0) is 0 Å². The molecule has 2 nitrogen and oxygen atoms in total. The average Bonchev–Trinajstić information content (AvgIpc) is 2.07. The lowest BCUT2D eigenvalue weighted by Crippen LogP contribution is -2.30. The minimum atomic E-state index is -1.70. The Hall–Kier alpha value is -0.133. The van der Waals surface area contributed by atoms with Gasteiger partial charge < -0.3 is 4.43 Å². The van der Waals surface area contributed by atoms with Crippen molar-refractivity contribution in [1.29, 1.82) is 0 Å². The van der Waals surface area contributed by atoms with E-state index in [0.29, 0.717) is 11.3 Å². The van der Waals surface area contributed by atoms with E-state index in [2.05, 4.69) is 51.5 Å². The van der Waals surface area contributed by atoms with Gasteiger partial charge in [-0.3, -0.25) is 4.79 Å². The predicted molar refractivity (Wildman–Crippen MR) is 71.2 cm³/mol. The lowest BCUT2D eigenvalue weighted by molar-refractivity contribution is 0.112. The van der Waals surface area contributed by atoms with Crippen LogP contribution < -0.4 is 4.43 Å². The molecule has 1 aromatic carbocycles. The van der Waals surface area contributed by atoms with Crippen LogP contribution in [0.4, 0.5) is 0 Å². The van der Waals surface area contributed by atoms with Crippen molar-refractivity contribution >= 4 is 46.5 Å². The minimum Gasteiger partial charge on any atom is -0.543 e. The van der Waals surface area contributed by atoms with E-state index in [1.54, 1.807) is 6.07 Å². The predicted octanol–water partition coefficient (Wildman–Crippen LogP) is 4.24. The molecule has 1 aromatic rings. The topological polar surface area (TPSA) is 26.3 Å². The van der Waals surface area contributed by atoms with Crippen LogP contribution in [0.2, 0.25) is 19.6 Å². The second-order valence-corrected chi connectivity index (χ2v) is 10.3. The summed E-state index contributed by atoms with van der Waals surface area (Å²) in [6, 6.07) is 3.63. The van der Waals surface area contributed by atoms with Gasteiger partial charge in [-0.1, -0.05) is 15.9 Å². The molecule has 82 valence electrons. The maximum atomic E-state index is 10.9. The number of carbonyl (C=O) groups excluding carboxylic acids is 1. The molecule has 0 unspecified atom stereocenters. The Bertz CT molecular complexity index is 386. The van der Waals surface area contributed by atoms with Gasteiger partial charge in [0.05, 0.1) is 10.0 Å². The van der Waals surface area contributed by atoms with Crippen LogP contribution in [0.3, 0.4) is 0 Å². The Balaban J connectivity index is 3.21. The van der Waals surface area contributed by atoms with Crippen molar-refractivity contribution in [2.75, 3.05) is 0 Å². The summed E-state index contributed by atoms with van der Waals surface area (Å²) >= 11 is 6.73. The van der Waals surface area contributed by atoms with E-state index < -0.39 is 8.32 Å². The number of benzene rings is 1. The number of halogens is 2. The molecule has 15 heavy (non-hydrogen) atoms. The Kier molecular flexibility index (Phi) is 4.14. The second-order valence-electron chi connectivity index (χ2n) is 4.14. The zero-order chi connectivity index (χ0) is 11.6. The van der Waals surface area contributed by atoms with Crippen molar-refractivity contribution in [3.8, 4) is 5.75 Å². The number of hydrogen-bond acceptors (Lipinski definition) is 2. The van der Waals surface area contributed by atoms with Crippen molar-refractivity contribution in [3.05, 3.63) is 26.6 Å². The first kappa shape index (κ1) is 12.9. The van der Waals surface area contributed by atoms with Gasteiger partial charge in [-0.05, 0) is 47.7 Å². The van der Waals surface area contributed by atoms with Crippen LogP contribution in [0.5, 0.6) is 5.75 Å². The molecule has 0 heterocycles. The summed E-state index contributed by atoms with van der Waals surface area (Å²) in [4.78, 5) is 10.9. The van der Waals surface area contributed by atoms with E-state index >= 15 is 0 Å². The molecular weight excluding hydrogens is 340 g/mol. The number of aldehydes is 1. The smallest absolute Gasteiger partial charge is 0.242 e. The SMILES string of the molecule is C[Si](C)(C)Oc1c(Br)cc(Br)cc1C=O. The standard InChI is InChI=1S/C10H12Br2O2Si/c1-15(2,3)14-10-7(6-13)4-8(11)5-9(10)12/h4-6H,1-3H3. The van der Waals surface area contributed by atoms with Crippen molar-refractivity contribution in [2.24, 2.45) is 0 Å². The number of carbonyl (C=O) groups is 1. The van der Waals surface area contributed by atoms with Crippen LogP contribution in [0.25, 0.3) is 0 Å². The molecule has 0 bridgehead atoms. The van der Waals surface area contributed by atoms with Crippen LogP contribution in [0, 0.1) is 0 Å². The highest BCUT2D eigenvalue weighted by atomic mass is 79.9. The van der Waals surface area contributed by atoms with E-state index in [4.69, 9.17) is 4.43 Å². The Morgan fingerprint density at radius 1 is 1.27 bits per heavy atom. The molecule has 0 N–H and O–H groups in total. The summed E-state index contributed by atoms with van der Waals surface area (Å²) < 4.78 is 7.52. The first-order chi connectivity index (χ1) is 6.83. The monoisotopic (exact) mass is 350 g/mol. The van der Waals surface area contributed by atoms with Gasteiger partial charge in [-0.25, -0.2) is 0 Å². The molecule has 0 amide bonds. The zero-order valence-electron chi connectivity index (χ0n) is 8.80. The van der Waals surface area contributed by atoms with Gasteiger partial charge in [-0.2, -0.15) is 0 Å².